The highest BCUT2D eigenvalue weighted by atomic mass is 19.4. The van der Waals surface area contributed by atoms with Crippen molar-refractivity contribution in [3.05, 3.63) is 77.0 Å². The Balaban J connectivity index is 1.79. The third kappa shape index (κ3) is 5.24. The third-order valence-corrected chi connectivity index (χ3v) is 5.65. The van der Waals surface area contributed by atoms with Crippen molar-refractivity contribution in [2.45, 2.75) is 25.3 Å². The van der Waals surface area contributed by atoms with E-state index >= 15 is 0 Å². The zero-order valence-corrected chi connectivity index (χ0v) is 18.9. The second-order valence-electron chi connectivity index (χ2n) is 8.08. The van der Waals surface area contributed by atoms with Gasteiger partial charge < -0.3 is 14.4 Å². The van der Waals surface area contributed by atoms with Crippen molar-refractivity contribution in [2.75, 3.05) is 20.3 Å². The molecule has 0 atom stereocenters. The molecule has 2 heterocycles. The van der Waals surface area contributed by atoms with Crippen molar-refractivity contribution >= 4 is 5.91 Å². The van der Waals surface area contributed by atoms with E-state index in [1.54, 1.807) is 30.3 Å². The fourth-order valence-corrected chi connectivity index (χ4v) is 4.02. The molecule has 0 N–H and O–H groups in total. The summed E-state index contributed by atoms with van der Waals surface area (Å²) in [5.41, 5.74) is -2.16. The summed E-state index contributed by atoms with van der Waals surface area (Å²) >= 11 is 0. The minimum Gasteiger partial charge on any atom is -0.496 e. The van der Waals surface area contributed by atoms with Crippen LogP contribution in [0.25, 0.3) is 11.1 Å². The number of hydrogen-bond donors (Lipinski definition) is 0. The van der Waals surface area contributed by atoms with Crippen LogP contribution in [0.1, 0.15) is 33.5 Å². The normalized spacial score (nSPS) is 14.5. The van der Waals surface area contributed by atoms with E-state index in [1.165, 1.54) is 18.2 Å². The van der Waals surface area contributed by atoms with Gasteiger partial charge in [-0.3, -0.25) is 4.79 Å². The van der Waals surface area contributed by atoms with Crippen LogP contribution in [0.5, 0.6) is 11.6 Å². The number of alkyl halides is 6. The number of pyridine rings is 1. The molecule has 3 aromatic rings. The molecule has 2 aromatic carbocycles. The Hall–Kier alpha value is -3.76. The molecule has 190 valence electrons. The summed E-state index contributed by atoms with van der Waals surface area (Å²) in [4.78, 5) is 19.0. The topological polar surface area (TPSA) is 51.7 Å². The van der Waals surface area contributed by atoms with E-state index in [9.17, 15) is 31.1 Å². The second kappa shape index (κ2) is 9.71. The molecule has 0 fully saturated rings. The van der Waals surface area contributed by atoms with E-state index < -0.39 is 35.9 Å². The van der Waals surface area contributed by atoms with Gasteiger partial charge in [-0.25, -0.2) is 4.98 Å². The quantitative estimate of drug-likeness (QED) is 0.391. The Morgan fingerprint density at radius 2 is 1.64 bits per heavy atom. The first-order valence-electron chi connectivity index (χ1n) is 10.8. The van der Waals surface area contributed by atoms with Crippen molar-refractivity contribution in [1.29, 1.82) is 0 Å². The smallest absolute Gasteiger partial charge is 0.416 e. The Morgan fingerprint density at radius 1 is 0.972 bits per heavy atom. The van der Waals surface area contributed by atoms with Crippen LogP contribution in [0.2, 0.25) is 0 Å². The van der Waals surface area contributed by atoms with Crippen LogP contribution >= 0.6 is 0 Å². The standard InChI is InChI=1S/C25H20F6N2O3/c1-35-20-6-3-2-5-18(20)19-7-8-32-22-21(19)23(34)33(9-4-10-36-22)14-15-11-16(24(26,27)28)13-17(12-15)25(29,30)31/h2-3,5-8,11-13H,4,9-10,14H2,1H3. The number of para-hydroxylation sites is 1. The number of halogens is 6. The first kappa shape index (κ1) is 25.3. The van der Waals surface area contributed by atoms with Gasteiger partial charge in [0.05, 0.1) is 24.8 Å². The number of amides is 1. The average molecular weight is 510 g/mol. The minimum absolute atomic E-state index is 0.0214. The first-order chi connectivity index (χ1) is 17.0. The molecule has 36 heavy (non-hydrogen) atoms. The van der Waals surface area contributed by atoms with E-state index in [2.05, 4.69) is 4.98 Å². The minimum atomic E-state index is -4.99. The van der Waals surface area contributed by atoms with Crippen LogP contribution in [0.15, 0.2) is 54.7 Å². The number of hydrogen-bond acceptors (Lipinski definition) is 4. The Labute approximate surface area is 202 Å². The highest BCUT2D eigenvalue weighted by Crippen LogP contribution is 2.38. The number of benzene rings is 2. The van der Waals surface area contributed by atoms with Crippen LogP contribution in [-0.2, 0) is 18.9 Å². The third-order valence-electron chi connectivity index (χ3n) is 5.65. The SMILES string of the molecule is COc1ccccc1-c1ccnc2c1C(=O)N(Cc1cc(C(F)(F)F)cc(C(F)(F)F)c1)CCCO2. The number of aromatic nitrogens is 1. The molecule has 0 spiro atoms. The summed E-state index contributed by atoms with van der Waals surface area (Å²) in [6, 6.07) is 9.77. The summed E-state index contributed by atoms with van der Waals surface area (Å²) in [6.45, 7) is -0.267. The molecule has 0 bridgehead atoms. The number of methoxy groups -OCH3 is 1. The van der Waals surface area contributed by atoms with Gasteiger partial charge in [-0.05, 0) is 42.3 Å². The summed E-state index contributed by atoms with van der Waals surface area (Å²) in [6.07, 6.45) is -8.23. The molecule has 0 radical (unpaired) electrons. The maximum absolute atomic E-state index is 13.7. The lowest BCUT2D eigenvalue weighted by Gasteiger charge is -2.28. The maximum atomic E-state index is 13.7. The number of rotatable bonds is 4. The Bertz CT molecular complexity index is 1240. The van der Waals surface area contributed by atoms with Gasteiger partial charge in [-0.1, -0.05) is 18.2 Å². The molecule has 1 aliphatic heterocycles. The van der Waals surface area contributed by atoms with Crippen LogP contribution in [-0.4, -0.2) is 36.1 Å². The highest BCUT2D eigenvalue weighted by molar-refractivity contribution is 6.03. The summed E-state index contributed by atoms with van der Waals surface area (Å²) in [7, 11) is 1.46. The number of nitrogens with zero attached hydrogens (tertiary/aromatic N) is 2. The molecule has 1 amide bonds. The molecule has 11 heteroatoms. The lowest BCUT2D eigenvalue weighted by Crippen LogP contribution is -2.35. The molecular weight excluding hydrogens is 490 g/mol. The first-order valence-corrected chi connectivity index (χ1v) is 10.8. The zero-order valence-electron chi connectivity index (χ0n) is 18.9. The lowest BCUT2D eigenvalue weighted by molar-refractivity contribution is -0.143. The van der Waals surface area contributed by atoms with Gasteiger partial charge >= 0.3 is 12.4 Å². The maximum Gasteiger partial charge on any atom is 0.416 e. The van der Waals surface area contributed by atoms with Gasteiger partial charge in [0.15, 0.2) is 0 Å². The van der Waals surface area contributed by atoms with Gasteiger partial charge in [0, 0.05) is 30.4 Å². The van der Waals surface area contributed by atoms with Crippen LogP contribution < -0.4 is 9.47 Å². The predicted molar refractivity (Wildman–Crippen MR) is 118 cm³/mol. The van der Waals surface area contributed by atoms with Crippen molar-refractivity contribution in [3.8, 4) is 22.8 Å². The van der Waals surface area contributed by atoms with Crippen molar-refractivity contribution in [3.63, 3.8) is 0 Å². The van der Waals surface area contributed by atoms with Gasteiger partial charge in [0.2, 0.25) is 5.88 Å². The lowest BCUT2D eigenvalue weighted by atomic mass is 9.98. The van der Waals surface area contributed by atoms with Crippen LogP contribution in [0.3, 0.4) is 0 Å². The molecular formula is C25H20F6N2O3. The number of ether oxygens (including phenoxy) is 2. The molecule has 5 nitrogen and oxygen atoms in total. The van der Waals surface area contributed by atoms with Crippen LogP contribution in [0, 0.1) is 0 Å². The molecule has 0 saturated carbocycles. The van der Waals surface area contributed by atoms with E-state index in [1.807, 2.05) is 0 Å². The van der Waals surface area contributed by atoms with Crippen molar-refractivity contribution < 1.29 is 40.6 Å². The monoisotopic (exact) mass is 510 g/mol. The number of carbonyl (C=O) groups excluding carboxylic acids is 1. The Kier molecular flexibility index (Phi) is 6.83. The van der Waals surface area contributed by atoms with Crippen molar-refractivity contribution in [2.24, 2.45) is 0 Å². The number of fused-ring (bicyclic) bond motifs is 1. The van der Waals surface area contributed by atoms with E-state index in [-0.39, 0.29) is 36.2 Å². The molecule has 4 rings (SSSR count). The van der Waals surface area contributed by atoms with Crippen molar-refractivity contribution in [1.82, 2.24) is 9.88 Å². The summed E-state index contributed by atoms with van der Waals surface area (Å²) < 4.78 is 91.1. The summed E-state index contributed by atoms with van der Waals surface area (Å²) in [5.74, 6) is -0.155. The number of carbonyl (C=O) groups is 1. The van der Waals surface area contributed by atoms with E-state index in [4.69, 9.17) is 9.47 Å². The van der Waals surface area contributed by atoms with Crippen LogP contribution in [0.4, 0.5) is 26.3 Å². The molecule has 1 aromatic heterocycles. The predicted octanol–water partition coefficient (Wildman–Crippen LogP) is 6.22. The van der Waals surface area contributed by atoms with Gasteiger partial charge in [-0.2, -0.15) is 26.3 Å². The average Bonchev–Trinajstić information content (AvgIpc) is 2.83. The summed E-state index contributed by atoms with van der Waals surface area (Å²) in [5, 5.41) is 0. The van der Waals surface area contributed by atoms with E-state index in [0.717, 1.165) is 0 Å². The molecule has 0 unspecified atom stereocenters. The molecule has 0 saturated heterocycles. The fourth-order valence-electron chi connectivity index (χ4n) is 4.02. The zero-order chi connectivity index (χ0) is 26.1. The Morgan fingerprint density at radius 3 is 2.28 bits per heavy atom. The molecule has 0 aliphatic carbocycles. The van der Waals surface area contributed by atoms with Gasteiger partial charge in [0.25, 0.3) is 5.91 Å². The fraction of sp³-hybridized carbons (Fsp3) is 0.280. The van der Waals surface area contributed by atoms with Gasteiger partial charge in [-0.15, -0.1) is 0 Å². The van der Waals surface area contributed by atoms with E-state index in [0.29, 0.717) is 35.4 Å². The molecule has 1 aliphatic rings. The van der Waals surface area contributed by atoms with Gasteiger partial charge in [0.1, 0.15) is 11.3 Å². The second-order valence-corrected chi connectivity index (χ2v) is 8.08. The highest BCUT2D eigenvalue weighted by Gasteiger charge is 2.37. The largest absolute Gasteiger partial charge is 0.496 e.